The van der Waals surface area contributed by atoms with Crippen LogP contribution in [0, 0.1) is 58.2 Å². The maximum atomic E-state index is 18.3. The van der Waals surface area contributed by atoms with Crippen LogP contribution in [0.15, 0.2) is 255 Å². The molecule has 2 aliphatic rings. The van der Waals surface area contributed by atoms with E-state index in [0.29, 0.717) is 132 Å². The lowest BCUT2D eigenvalue weighted by atomic mass is 9.76. The number of benzene rings is 11. The van der Waals surface area contributed by atoms with E-state index in [1.54, 1.807) is 0 Å². The second kappa shape index (κ2) is 46.9. The summed E-state index contributed by atoms with van der Waals surface area (Å²) in [5.74, 6) is 11.3. The smallest absolute Gasteiger partial charge is 0.253 e. The number of ether oxygens (including phenoxy) is 4. The van der Waals surface area contributed by atoms with E-state index >= 15 is 28.8 Å². The van der Waals surface area contributed by atoms with Crippen LogP contribution in [0.3, 0.4) is 0 Å². The molecule has 0 fully saturated rings. The molecule has 10 N–H and O–H groups in total. The fraction of sp³-hybridized carbons (Fsp3) is 0.387. The van der Waals surface area contributed by atoms with Crippen molar-refractivity contribution in [3.63, 3.8) is 0 Å². The van der Waals surface area contributed by atoms with Crippen molar-refractivity contribution in [3.8, 4) is 69.7 Å². The Morgan fingerprint density at radius 2 is 0.521 bits per heavy atom. The van der Waals surface area contributed by atoms with E-state index in [4.69, 9.17) is 18.9 Å². The first-order chi connectivity index (χ1) is 68.6. The van der Waals surface area contributed by atoms with E-state index in [9.17, 15) is 20.4 Å². The van der Waals surface area contributed by atoms with Gasteiger partial charge in [-0.2, -0.15) is 0 Å². The summed E-state index contributed by atoms with van der Waals surface area (Å²) in [7, 11) is 0. The molecule has 0 unspecified atom stereocenters. The average molecular weight is 1940 g/mol. The molecule has 13 rings (SSSR count). The maximum Gasteiger partial charge on any atom is 0.253 e. The molecule has 0 bridgehead atoms. The molecule has 754 valence electrons. The molecule has 0 aromatic heterocycles. The summed E-state index contributed by atoms with van der Waals surface area (Å²) >= 11 is 0. The third kappa shape index (κ3) is 27.0. The largest absolute Gasteiger partial charge is 0.508 e. The van der Waals surface area contributed by atoms with Gasteiger partial charge in [0.25, 0.3) is 11.8 Å². The van der Waals surface area contributed by atoms with Crippen molar-refractivity contribution >= 4 is 35.4 Å². The van der Waals surface area contributed by atoms with Crippen molar-refractivity contribution < 1.29 is 68.1 Å². The summed E-state index contributed by atoms with van der Waals surface area (Å²) < 4.78 is 25.9. The zero-order valence-electron chi connectivity index (χ0n) is 86.6. The molecule has 0 heterocycles. The van der Waals surface area contributed by atoms with Crippen LogP contribution in [-0.4, -0.2) is 104 Å². The molecule has 0 spiro atoms. The highest BCUT2D eigenvalue weighted by atomic mass is 16.5. The van der Waals surface area contributed by atoms with Gasteiger partial charge in [-0.3, -0.25) is 28.8 Å². The molecule has 144 heavy (non-hydrogen) atoms. The second-order valence-corrected chi connectivity index (χ2v) is 43.4. The quantitative estimate of drug-likeness (QED) is 0.00736. The lowest BCUT2D eigenvalue weighted by Crippen LogP contribution is -2.60. The van der Waals surface area contributed by atoms with Crippen LogP contribution >= 0.6 is 0 Å². The van der Waals surface area contributed by atoms with Crippen molar-refractivity contribution in [2.45, 2.75) is 247 Å². The number of phenolic OH excluding ortho intramolecular Hbond substituents is 4. The SMILES string of the molecule is CC(C)CCC(C)(C)NC(=O)C1(C(=O)NC(C)(C)CCC(C)C)Cc2c(c(C(=O)NC(c3ccccc3)(c3ccccc3)c3cccc(OCCCCOc4ccc(C#Cc5cc(O)cc(O)c5)cc4)c3)c3c(c2C(=O)NC(c2ccccc2)(c2ccccc2)c2cccc(OCCCCOc4ccc(C#Cc5cc(O)cc(O)c5)cc4)c2)CC(C(=O)NC(C)(C)CCC(C)C)(C(=O)NC(C)(C)CCC(C)C)C3)C1. The summed E-state index contributed by atoms with van der Waals surface area (Å²) in [6, 6.07) is 77.1. The molecule has 0 atom stereocenters. The minimum Gasteiger partial charge on any atom is -0.508 e. The lowest BCUT2D eigenvalue weighted by Gasteiger charge is -2.38. The number of hydrogen-bond donors (Lipinski definition) is 10. The Balaban J connectivity index is 0.975. The molecule has 0 saturated heterocycles. The van der Waals surface area contributed by atoms with E-state index in [0.717, 1.165) is 36.8 Å². The van der Waals surface area contributed by atoms with Gasteiger partial charge in [0.1, 0.15) is 67.9 Å². The van der Waals surface area contributed by atoms with Crippen molar-refractivity contribution in [2.24, 2.45) is 34.5 Å². The molecule has 0 radical (unpaired) electrons. The van der Waals surface area contributed by atoms with Gasteiger partial charge in [0.05, 0.1) is 26.4 Å². The van der Waals surface area contributed by atoms with Gasteiger partial charge in [0.2, 0.25) is 23.6 Å². The Kier molecular flexibility index (Phi) is 34.8. The van der Waals surface area contributed by atoms with Crippen LogP contribution in [0.5, 0.6) is 46.0 Å². The molecule has 20 nitrogen and oxygen atoms in total. The van der Waals surface area contributed by atoms with Crippen LogP contribution in [0.4, 0.5) is 0 Å². The standard InChI is InChI=1S/C124H144N6O14/c1-83(2)59-63-117(9,10)127-113(137)121(114(138)128-118(11,12)64-60-84(3)4)79-105-106(80-121)110(112(136)126-124(93-39-25-19-26-40-93,94-41-27-20-28-42-94)96-44-34-46-104(76-96)144-70-32-30-68-142-102-57-53-88(54-58-102)48-50-90-73-99(133)78-100(134)74-90)108-82-122(115(139)129-119(13,14)65-61-85(5)6,116(140)130-120(15,16)66-62-86(7)8)81-107(108)109(105)111(135)125-123(91-35-21-17-22-36-91,92-37-23-18-24-38-92)95-43-33-45-103(75-95)143-69-31-29-67-141-101-55-51-87(52-56-101)47-49-89-71-97(131)77-98(132)72-89/h17-28,33-46,51-58,71-78,83-86,131-134H,29-32,59-70,79-82H2,1-16H3,(H,125,135)(H,126,136)(H,127,137)(H,128,138)(H,129,139)(H,130,140). The number of hydrogen-bond acceptors (Lipinski definition) is 14. The molecule has 11 aromatic rings. The molecule has 6 amide bonds. The highest BCUT2D eigenvalue weighted by Crippen LogP contribution is 2.53. The summed E-state index contributed by atoms with van der Waals surface area (Å²) in [6.45, 7) is 34.1. The van der Waals surface area contributed by atoms with E-state index < -0.39 is 105 Å². The van der Waals surface area contributed by atoms with Gasteiger partial charge in [-0.15, -0.1) is 0 Å². The summed E-state index contributed by atoms with van der Waals surface area (Å²) in [5, 5.41) is 61.3. The highest BCUT2D eigenvalue weighted by Gasteiger charge is 2.60. The number of carbonyl (C=O) groups is 6. The summed E-state index contributed by atoms with van der Waals surface area (Å²) in [4.78, 5) is 105. The van der Waals surface area contributed by atoms with Crippen LogP contribution < -0.4 is 50.8 Å². The van der Waals surface area contributed by atoms with Crippen LogP contribution in [-0.2, 0) is 55.9 Å². The Labute approximate surface area is 851 Å². The number of amides is 6. The van der Waals surface area contributed by atoms with Crippen LogP contribution in [0.2, 0.25) is 0 Å². The predicted molar refractivity (Wildman–Crippen MR) is 569 cm³/mol. The molecule has 0 saturated carbocycles. The Morgan fingerprint density at radius 3 is 0.771 bits per heavy atom. The summed E-state index contributed by atoms with van der Waals surface area (Å²) in [5.41, 5.74) is -4.11. The first-order valence-electron chi connectivity index (χ1n) is 51.0. The summed E-state index contributed by atoms with van der Waals surface area (Å²) in [6.07, 6.45) is 5.84. The third-order valence-corrected chi connectivity index (χ3v) is 27.6. The molecule has 11 aromatic carbocycles. The lowest BCUT2D eigenvalue weighted by molar-refractivity contribution is -0.146. The van der Waals surface area contributed by atoms with Gasteiger partial charge < -0.3 is 71.3 Å². The van der Waals surface area contributed by atoms with Gasteiger partial charge in [0, 0.05) is 67.7 Å². The van der Waals surface area contributed by atoms with E-state index in [2.05, 4.69) is 111 Å². The van der Waals surface area contributed by atoms with E-state index in [-0.39, 0.29) is 93.3 Å². The molecule has 0 aliphatic heterocycles. The number of aromatic hydroxyl groups is 4. The van der Waals surface area contributed by atoms with Crippen molar-refractivity contribution in [1.29, 1.82) is 0 Å². The number of nitrogens with one attached hydrogen (secondary N) is 6. The normalized spacial score (nSPS) is 13.3. The van der Waals surface area contributed by atoms with Gasteiger partial charge in [-0.25, -0.2) is 0 Å². The molecular weight excluding hydrogens is 1800 g/mol. The fourth-order valence-corrected chi connectivity index (χ4v) is 19.4. The van der Waals surface area contributed by atoms with E-state index in [1.165, 1.54) is 36.4 Å². The molecule has 2 aliphatic carbocycles. The van der Waals surface area contributed by atoms with E-state index in [1.807, 2.05) is 274 Å². The monoisotopic (exact) mass is 1940 g/mol. The van der Waals surface area contributed by atoms with Crippen molar-refractivity contribution in [3.05, 3.63) is 344 Å². The minimum absolute atomic E-state index is 0.0142. The third-order valence-electron chi connectivity index (χ3n) is 27.6. The van der Waals surface area contributed by atoms with Crippen LogP contribution in [0.1, 0.15) is 286 Å². The second-order valence-electron chi connectivity index (χ2n) is 43.4. The topological polar surface area (TPSA) is 292 Å². The predicted octanol–water partition coefficient (Wildman–Crippen LogP) is 22.7. The molecule has 20 heteroatoms. The molecular formula is C124H144N6O14. The van der Waals surface area contributed by atoms with Gasteiger partial charge in [-0.05, 0) is 334 Å². The fourth-order valence-electron chi connectivity index (χ4n) is 19.4. The van der Waals surface area contributed by atoms with Gasteiger partial charge >= 0.3 is 0 Å². The first kappa shape index (κ1) is 107. The number of fused-ring (bicyclic) bond motifs is 2. The Bertz CT molecular complexity index is 5820. The highest BCUT2D eigenvalue weighted by molar-refractivity contribution is 6.13. The Morgan fingerprint density at radius 1 is 0.285 bits per heavy atom. The zero-order chi connectivity index (χ0) is 103. The average Bonchev–Trinajstić information content (AvgIpc) is 1.54. The minimum atomic E-state index is -2.10. The number of phenols is 4. The number of unbranched alkanes of at least 4 members (excludes halogenated alkanes) is 2. The van der Waals surface area contributed by atoms with Crippen molar-refractivity contribution in [1.82, 2.24) is 31.9 Å². The number of rotatable bonds is 44. The van der Waals surface area contributed by atoms with Gasteiger partial charge in [0.15, 0.2) is 0 Å². The first-order valence-corrected chi connectivity index (χ1v) is 51.0. The zero-order valence-corrected chi connectivity index (χ0v) is 86.6. The number of carbonyl (C=O) groups excluding carboxylic acids is 6. The van der Waals surface area contributed by atoms with Crippen LogP contribution in [0.25, 0.3) is 0 Å². The maximum absolute atomic E-state index is 18.3. The van der Waals surface area contributed by atoms with Gasteiger partial charge in [-0.1, -0.05) is 225 Å². The van der Waals surface area contributed by atoms with Crippen molar-refractivity contribution in [2.75, 3.05) is 26.4 Å². The Hall–Kier alpha value is -14.2.